The first-order valence-corrected chi connectivity index (χ1v) is 6.11. The molecule has 0 fully saturated rings. The molecule has 2 heteroatoms. The normalized spacial score (nSPS) is 15.3. The van der Waals surface area contributed by atoms with Crippen LogP contribution < -0.4 is 5.73 Å². The summed E-state index contributed by atoms with van der Waals surface area (Å²) in [6.07, 6.45) is 6.16. The van der Waals surface area contributed by atoms with Gasteiger partial charge in [0.2, 0.25) is 0 Å². The summed E-state index contributed by atoms with van der Waals surface area (Å²) in [6.45, 7) is 0.734. The van der Waals surface area contributed by atoms with Crippen LogP contribution in [0.3, 0.4) is 0 Å². The van der Waals surface area contributed by atoms with Crippen LogP contribution in [0.4, 0.5) is 0 Å². The third-order valence-corrected chi connectivity index (χ3v) is 3.66. The fourth-order valence-corrected chi connectivity index (χ4v) is 2.74. The van der Waals surface area contributed by atoms with E-state index in [9.17, 15) is 0 Å². The van der Waals surface area contributed by atoms with Crippen molar-refractivity contribution < 1.29 is 0 Å². The lowest BCUT2D eigenvalue weighted by atomic mass is 9.90. The lowest BCUT2D eigenvalue weighted by Gasteiger charge is -2.17. The van der Waals surface area contributed by atoms with Gasteiger partial charge in [0.15, 0.2) is 0 Å². The predicted molar refractivity (Wildman–Crippen MR) is 63.5 cm³/mol. The SMILES string of the molecule is NCCc1cc2c(cc1Br)CCCC2. The second-order valence-electron chi connectivity index (χ2n) is 3.96. The van der Waals surface area contributed by atoms with Crippen molar-refractivity contribution in [2.75, 3.05) is 6.54 Å². The quantitative estimate of drug-likeness (QED) is 0.862. The molecule has 0 saturated heterocycles. The van der Waals surface area contributed by atoms with E-state index >= 15 is 0 Å². The maximum absolute atomic E-state index is 5.58. The van der Waals surface area contributed by atoms with Gasteiger partial charge in [-0.15, -0.1) is 0 Å². The Morgan fingerprint density at radius 3 is 2.43 bits per heavy atom. The summed E-state index contributed by atoms with van der Waals surface area (Å²) in [6, 6.07) is 4.63. The summed E-state index contributed by atoms with van der Waals surface area (Å²) in [7, 11) is 0. The van der Waals surface area contributed by atoms with Gasteiger partial charge in [0, 0.05) is 4.47 Å². The Hall–Kier alpha value is -0.340. The van der Waals surface area contributed by atoms with E-state index in [2.05, 4.69) is 28.1 Å². The Balaban J connectivity index is 2.35. The molecule has 14 heavy (non-hydrogen) atoms. The molecule has 0 aromatic heterocycles. The highest BCUT2D eigenvalue weighted by Gasteiger charge is 2.11. The second-order valence-corrected chi connectivity index (χ2v) is 4.81. The zero-order valence-electron chi connectivity index (χ0n) is 8.35. The van der Waals surface area contributed by atoms with Crippen molar-refractivity contribution >= 4 is 15.9 Å². The molecule has 0 amide bonds. The number of rotatable bonds is 2. The fourth-order valence-electron chi connectivity index (χ4n) is 2.15. The lowest BCUT2D eigenvalue weighted by molar-refractivity contribution is 0.683. The molecule has 0 saturated carbocycles. The minimum absolute atomic E-state index is 0.734. The lowest BCUT2D eigenvalue weighted by Crippen LogP contribution is -2.07. The Morgan fingerprint density at radius 1 is 1.14 bits per heavy atom. The molecule has 1 aromatic rings. The fraction of sp³-hybridized carbons (Fsp3) is 0.500. The van der Waals surface area contributed by atoms with Crippen molar-refractivity contribution in [1.29, 1.82) is 0 Å². The Bertz CT molecular complexity index is 333. The minimum atomic E-state index is 0.734. The van der Waals surface area contributed by atoms with Gasteiger partial charge < -0.3 is 5.73 Å². The summed E-state index contributed by atoms with van der Waals surface area (Å²) in [5.74, 6) is 0. The molecule has 1 aliphatic carbocycles. The van der Waals surface area contributed by atoms with Crippen LogP contribution in [0.5, 0.6) is 0 Å². The van der Waals surface area contributed by atoms with Gasteiger partial charge in [-0.25, -0.2) is 0 Å². The van der Waals surface area contributed by atoms with Crippen LogP contribution >= 0.6 is 15.9 Å². The van der Waals surface area contributed by atoms with Crippen LogP contribution in [0.15, 0.2) is 16.6 Å². The number of nitrogens with two attached hydrogens (primary N) is 1. The number of hydrogen-bond acceptors (Lipinski definition) is 1. The topological polar surface area (TPSA) is 26.0 Å². The molecular weight excluding hydrogens is 238 g/mol. The third kappa shape index (κ3) is 2.01. The van der Waals surface area contributed by atoms with Gasteiger partial charge >= 0.3 is 0 Å². The van der Waals surface area contributed by atoms with Gasteiger partial charge in [-0.05, 0) is 61.4 Å². The van der Waals surface area contributed by atoms with Gasteiger partial charge in [0.1, 0.15) is 0 Å². The average Bonchev–Trinajstić information content (AvgIpc) is 2.19. The van der Waals surface area contributed by atoms with Crippen LogP contribution in [0.2, 0.25) is 0 Å². The highest BCUT2D eigenvalue weighted by molar-refractivity contribution is 9.10. The molecule has 0 unspecified atom stereocenters. The van der Waals surface area contributed by atoms with E-state index in [0.29, 0.717) is 0 Å². The number of hydrogen-bond donors (Lipinski definition) is 1. The van der Waals surface area contributed by atoms with E-state index in [0.717, 1.165) is 13.0 Å². The van der Waals surface area contributed by atoms with Crippen molar-refractivity contribution in [2.24, 2.45) is 5.73 Å². The van der Waals surface area contributed by atoms with Crippen molar-refractivity contribution in [1.82, 2.24) is 0 Å². The van der Waals surface area contributed by atoms with E-state index in [4.69, 9.17) is 5.73 Å². The van der Waals surface area contributed by atoms with Crippen LogP contribution in [0.25, 0.3) is 0 Å². The largest absolute Gasteiger partial charge is 0.330 e. The molecule has 76 valence electrons. The molecule has 0 atom stereocenters. The van der Waals surface area contributed by atoms with Crippen LogP contribution in [-0.2, 0) is 19.3 Å². The maximum atomic E-state index is 5.58. The van der Waals surface area contributed by atoms with Crippen molar-refractivity contribution in [2.45, 2.75) is 32.1 Å². The van der Waals surface area contributed by atoms with Crippen molar-refractivity contribution in [3.63, 3.8) is 0 Å². The average molecular weight is 254 g/mol. The Labute approximate surface area is 93.8 Å². The zero-order chi connectivity index (χ0) is 9.97. The molecule has 0 heterocycles. The molecule has 0 spiro atoms. The molecule has 0 aliphatic heterocycles. The van der Waals surface area contributed by atoms with E-state index < -0.39 is 0 Å². The summed E-state index contributed by atoms with van der Waals surface area (Å²) in [5.41, 5.74) is 10.0. The highest BCUT2D eigenvalue weighted by atomic mass is 79.9. The van der Waals surface area contributed by atoms with E-state index in [1.54, 1.807) is 5.56 Å². The number of fused-ring (bicyclic) bond motifs is 1. The number of aryl methyl sites for hydroxylation is 2. The molecule has 1 aliphatic rings. The van der Waals surface area contributed by atoms with E-state index in [1.165, 1.54) is 41.3 Å². The van der Waals surface area contributed by atoms with Crippen LogP contribution in [-0.4, -0.2) is 6.54 Å². The number of benzene rings is 1. The summed E-state index contributed by atoms with van der Waals surface area (Å²) in [5, 5.41) is 0. The van der Waals surface area contributed by atoms with E-state index in [1.807, 2.05) is 0 Å². The van der Waals surface area contributed by atoms with Crippen LogP contribution in [0.1, 0.15) is 29.5 Å². The van der Waals surface area contributed by atoms with Crippen LogP contribution in [0, 0.1) is 0 Å². The molecular formula is C12H16BrN. The summed E-state index contributed by atoms with van der Waals surface area (Å²) >= 11 is 3.62. The van der Waals surface area contributed by atoms with Crippen molar-refractivity contribution in [3.8, 4) is 0 Å². The standard InChI is InChI=1S/C12H16BrN/c13-12-8-10-4-2-1-3-9(10)7-11(12)5-6-14/h7-8H,1-6,14H2. The number of halogens is 1. The van der Waals surface area contributed by atoms with Crippen molar-refractivity contribution in [3.05, 3.63) is 33.3 Å². The second kappa shape index (κ2) is 4.45. The third-order valence-electron chi connectivity index (χ3n) is 2.92. The molecule has 1 nitrogen and oxygen atoms in total. The Kier molecular flexibility index (Phi) is 3.24. The Morgan fingerprint density at radius 2 is 1.79 bits per heavy atom. The summed E-state index contributed by atoms with van der Waals surface area (Å²) < 4.78 is 1.24. The monoisotopic (exact) mass is 253 g/mol. The van der Waals surface area contributed by atoms with Gasteiger partial charge in [-0.1, -0.05) is 22.0 Å². The van der Waals surface area contributed by atoms with Gasteiger partial charge in [0.05, 0.1) is 0 Å². The highest BCUT2D eigenvalue weighted by Crippen LogP contribution is 2.27. The first kappa shape index (κ1) is 10.2. The molecule has 1 aromatic carbocycles. The predicted octanol–water partition coefficient (Wildman–Crippen LogP) is 2.83. The maximum Gasteiger partial charge on any atom is 0.0210 e. The zero-order valence-corrected chi connectivity index (χ0v) is 9.94. The first-order chi connectivity index (χ1) is 6.81. The van der Waals surface area contributed by atoms with Gasteiger partial charge in [-0.2, -0.15) is 0 Å². The molecule has 2 rings (SSSR count). The first-order valence-electron chi connectivity index (χ1n) is 5.31. The molecule has 0 bridgehead atoms. The minimum Gasteiger partial charge on any atom is -0.330 e. The molecule has 2 N–H and O–H groups in total. The van der Waals surface area contributed by atoms with E-state index in [-0.39, 0.29) is 0 Å². The van der Waals surface area contributed by atoms with Gasteiger partial charge in [-0.3, -0.25) is 0 Å². The smallest absolute Gasteiger partial charge is 0.0210 e. The van der Waals surface area contributed by atoms with Gasteiger partial charge in [0.25, 0.3) is 0 Å². The summed E-state index contributed by atoms with van der Waals surface area (Å²) in [4.78, 5) is 0. The molecule has 0 radical (unpaired) electrons.